The predicted molar refractivity (Wildman–Crippen MR) is 168 cm³/mol. The van der Waals surface area contributed by atoms with E-state index in [1.54, 1.807) is 0 Å². The van der Waals surface area contributed by atoms with Crippen LogP contribution in [0.1, 0.15) is 195 Å². The van der Waals surface area contributed by atoms with Crippen LogP contribution in [0, 0.1) is 5.92 Å². The van der Waals surface area contributed by atoms with E-state index in [1.807, 2.05) is 0 Å². The molecule has 1 aliphatic rings. The maximum absolute atomic E-state index is 10.5. The molecule has 0 aromatic heterocycles. The van der Waals surface area contributed by atoms with E-state index in [2.05, 4.69) is 39.7 Å². The highest BCUT2D eigenvalue weighted by Gasteiger charge is 2.46. The summed E-state index contributed by atoms with van der Waals surface area (Å²) < 4.78 is 0. The molecule has 0 atom stereocenters. The van der Waals surface area contributed by atoms with E-state index >= 15 is 0 Å². The van der Waals surface area contributed by atoms with Crippen molar-refractivity contribution in [2.24, 2.45) is 5.92 Å². The maximum Gasteiger partial charge on any atom is 0.303 e. The third kappa shape index (κ3) is 18.4. The number of hydrogen-bond acceptors (Lipinski definition) is 3. The molecule has 0 unspecified atom stereocenters. The maximum atomic E-state index is 10.5. The van der Waals surface area contributed by atoms with Crippen molar-refractivity contribution in [1.29, 1.82) is 0 Å². The number of aliphatic carboxylic acids is 1. The van der Waals surface area contributed by atoms with Crippen molar-refractivity contribution in [3.8, 4) is 0 Å². The highest BCUT2D eigenvalue weighted by molar-refractivity contribution is 5.66. The first kappa shape index (κ1) is 36.4. The van der Waals surface area contributed by atoms with Gasteiger partial charge in [-0.05, 0) is 59.3 Å². The molecule has 1 fully saturated rings. The first-order valence-electron chi connectivity index (χ1n) is 17.3. The largest absolute Gasteiger partial charge is 0.481 e. The minimum atomic E-state index is -0.654. The third-order valence-electron chi connectivity index (χ3n) is 8.90. The Balaban J connectivity index is 2.01. The van der Waals surface area contributed by atoms with Crippen molar-refractivity contribution in [1.82, 2.24) is 5.06 Å². The number of carboxylic acid groups (broad SMARTS) is 1. The van der Waals surface area contributed by atoms with Crippen molar-refractivity contribution in [2.75, 3.05) is 6.61 Å². The first-order chi connectivity index (χ1) is 18.7. The molecule has 1 rings (SSSR count). The molecule has 1 aliphatic heterocycles. The Morgan fingerprint density at radius 2 is 1.03 bits per heavy atom. The molecular weight excluding hydrogens is 482 g/mol. The fourth-order valence-corrected chi connectivity index (χ4v) is 7.07. The number of carboxylic acids is 1. The number of nitrogens with zero attached hydrogens (tertiary/aromatic N) is 1. The van der Waals surface area contributed by atoms with Crippen LogP contribution in [0.25, 0.3) is 0 Å². The normalized spacial score (nSPS) is 17.6. The monoisotopic (exact) mass is 552 g/mol. The highest BCUT2D eigenvalue weighted by Crippen LogP contribution is 2.43. The minimum absolute atomic E-state index is 0.122. The SMILES string of the molecule is CCCCCCCCON1C(C)(C)CC(CCCCCCCCCCCCCCCCCC(=O)O)CC1(C)C. The minimum Gasteiger partial charge on any atom is -0.481 e. The molecule has 4 heteroatoms. The summed E-state index contributed by atoms with van der Waals surface area (Å²) in [5.74, 6) is 0.174. The summed E-state index contributed by atoms with van der Waals surface area (Å²) in [4.78, 5) is 16.9. The summed E-state index contributed by atoms with van der Waals surface area (Å²) in [7, 11) is 0. The van der Waals surface area contributed by atoms with Gasteiger partial charge in [0.15, 0.2) is 0 Å². The van der Waals surface area contributed by atoms with Gasteiger partial charge in [-0.25, -0.2) is 0 Å². The molecule has 0 spiro atoms. The van der Waals surface area contributed by atoms with Crippen LogP contribution in [0.3, 0.4) is 0 Å². The molecule has 0 radical (unpaired) electrons. The number of unbranched alkanes of at least 4 members (excludes halogenated alkanes) is 19. The zero-order valence-electron chi connectivity index (χ0n) is 27.2. The quantitative estimate of drug-likeness (QED) is 0.109. The van der Waals surface area contributed by atoms with Gasteiger partial charge in [-0.2, -0.15) is 5.06 Å². The summed E-state index contributed by atoms with van der Waals surface area (Å²) in [5, 5.41) is 11.0. The third-order valence-corrected chi connectivity index (χ3v) is 8.90. The Morgan fingerprint density at radius 3 is 1.46 bits per heavy atom. The van der Waals surface area contributed by atoms with Crippen LogP contribution in [-0.2, 0) is 9.63 Å². The van der Waals surface area contributed by atoms with Gasteiger partial charge < -0.3 is 5.11 Å². The van der Waals surface area contributed by atoms with Crippen molar-refractivity contribution >= 4 is 5.97 Å². The molecule has 39 heavy (non-hydrogen) atoms. The summed E-state index contributed by atoms with van der Waals surface area (Å²) in [5.41, 5.74) is 0.243. The van der Waals surface area contributed by atoms with Crippen LogP contribution in [0.4, 0.5) is 0 Å². The molecule has 1 saturated heterocycles. The van der Waals surface area contributed by atoms with Gasteiger partial charge in [-0.1, -0.05) is 135 Å². The van der Waals surface area contributed by atoms with E-state index in [9.17, 15) is 4.79 Å². The van der Waals surface area contributed by atoms with Gasteiger partial charge in [0.1, 0.15) is 0 Å². The fourth-order valence-electron chi connectivity index (χ4n) is 7.07. The Labute approximate surface area is 244 Å². The Bertz CT molecular complexity index is 570. The van der Waals surface area contributed by atoms with Crippen LogP contribution in [0.15, 0.2) is 0 Å². The second-order valence-corrected chi connectivity index (χ2v) is 14.0. The molecule has 0 aromatic rings. The zero-order valence-corrected chi connectivity index (χ0v) is 27.2. The van der Waals surface area contributed by atoms with Gasteiger partial charge >= 0.3 is 5.97 Å². The zero-order chi connectivity index (χ0) is 28.8. The predicted octanol–water partition coefficient (Wildman–Crippen LogP) is 11.3. The lowest BCUT2D eigenvalue weighted by Gasteiger charge is -2.54. The van der Waals surface area contributed by atoms with Crippen LogP contribution in [0.2, 0.25) is 0 Å². The topological polar surface area (TPSA) is 49.8 Å². The lowest BCUT2D eigenvalue weighted by atomic mass is 9.73. The van der Waals surface area contributed by atoms with E-state index in [4.69, 9.17) is 9.94 Å². The standard InChI is InChI=1S/C35H69NO3/c1-6-7-8-9-23-26-29-39-36-34(2,3)30-32(31-35(36,4)5)27-24-21-19-17-15-13-11-10-12-14-16-18-20-22-25-28-33(37)38/h32H,6-31H2,1-5H3,(H,37,38). The highest BCUT2D eigenvalue weighted by atomic mass is 16.7. The Morgan fingerprint density at radius 1 is 0.641 bits per heavy atom. The molecule has 0 aliphatic carbocycles. The van der Waals surface area contributed by atoms with Crippen molar-refractivity contribution in [2.45, 2.75) is 206 Å². The van der Waals surface area contributed by atoms with Crippen molar-refractivity contribution < 1.29 is 14.7 Å². The summed E-state index contributed by atoms with van der Waals surface area (Å²) in [6.07, 6.45) is 31.9. The molecule has 0 aromatic carbocycles. The summed E-state index contributed by atoms with van der Waals surface area (Å²) in [6.45, 7) is 12.7. The smallest absolute Gasteiger partial charge is 0.303 e. The number of hydroxylamine groups is 2. The van der Waals surface area contributed by atoms with E-state index < -0.39 is 5.97 Å². The lowest BCUT2D eigenvalue weighted by Crippen LogP contribution is -2.60. The molecule has 0 amide bonds. The van der Waals surface area contributed by atoms with Crippen LogP contribution < -0.4 is 0 Å². The van der Waals surface area contributed by atoms with Crippen LogP contribution in [-0.4, -0.2) is 33.8 Å². The average molecular weight is 552 g/mol. The van der Waals surface area contributed by atoms with Gasteiger partial charge in [-0.3, -0.25) is 9.63 Å². The average Bonchev–Trinajstić information content (AvgIpc) is 2.85. The van der Waals surface area contributed by atoms with E-state index in [0.717, 1.165) is 25.4 Å². The van der Waals surface area contributed by atoms with Gasteiger partial charge in [-0.15, -0.1) is 0 Å². The number of hydrogen-bond donors (Lipinski definition) is 1. The number of piperidine rings is 1. The van der Waals surface area contributed by atoms with Gasteiger partial charge in [0, 0.05) is 17.5 Å². The second-order valence-electron chi connectivity index (χ2n) is 14.0. The molecule has 232 valence electrons. The summed E-state index contributed by atoms with van der Waals surface area (Å²) in [6, 6.07) is 0. The lowest BCUT2D eigenvalue weighted by molar-refractivity contribution is -0.288. The summed E-state index contributed by atoms with van der Waals surface area (Å²) >= 11 is 0. The fraction of sp³-hybridized carbons (Fsp3) is 0.971. The molecule has 4 nitrogen and oxygen atoms in total. The molecule has 0 bridgehead atoms. The first-order valence-corrected chi connectivity index (χ1v) is 17.3. The van der Waals surface area contributed by atoms with E-state index in [1.165, 1.54) is 141 Å². The second kappa shape index (κ2) is 22.0. The van der Waals surface area contributed by atoms with Crippen LogP contribution >= 0.6 is 0 Å². The number of rotatable bonds is 26. The number of carbonyl (C=O) groups is 1. The molecule has 0 saturated carbocycles. The van der Waals surface area contributed by atoms with E-state index in [0.29, 0.717) is 6.42 Å². The molecular formula is C35H69NO3. The van der Waals surface area contributed by atoms with E-state index in [-0.39, 0.29) is 11.1 Å². The molecule has 1 N–H and O–H groups in total. The van der Waals surface area contributed by atoms with Gasteiger partial charge in [0.2, 0.25) is 0 Å². The van der Waals surface area contributed by atoms with Gasteiger partial charge in [0.25, 0.3) is 0 Å². The van der Waals surface area contributed by atoms with Crippen molar-refractivity contribution in [3.05, 3.63) is 0 Å². The molecule has 1 heterocycles. The Hall–Kier alpha value is -0.610. The van der Waals surface area contributed by atoms with Crippen molar-refractivity contribution in [3.63, 3.8) is 0 Å². The Kier molecular flexibility index (Phi) is 20.6. The van der Waals surface area contributed by atoms with Gasteiger partial charge in [0.05, 0.1) is 6.61 Å². The van der Waals surface area contributed by atoms with Crippen LogP contribution in [0.5, 0.6) is 0 Å².